The van der Waals surface area contributed by atoms with Crippen LogP contribution in [0.4, 0.5) is 0 Å². The Labute approximate surface area is 180 Å². The Bertz CT molecular complexity index is 832. The minimum absolute atomic E-state index is 0.0140. The number of nitrogens with zero attached hydrogens (tertiary/aromatic N) is 3. The van der Waals surface area contributed by atoms with Gasteiger partial charge in [0.05, 0.1) is 5.92 Å². The quantitative estimate of drug-likeness (QED) is 0.742. The molecule has 2 fully saturated rings. The van der Waals surface area contributed by atoms with Crippen LogP contribution < -0.4 is 0 Å². The average molecular weight is 432 g/mol. The number of hydrogen-bond acceptors (Lipinski definition) is 4. The van der Waals surface area contributed by atoms with Gasteiger partial charge in [-0.25, -0.2) is 0 Å². The van der Waals surface area contributed by atoms with Crippen LogP contribution in [-0.2, 0) is 11.3 Å². The van der Waals surface area contributed by atoms with Crippen molar-refractivity contribution in [3.8, 4) is 0 Å². The van der Waals surface area contributed by atoms with Crippen molar-refractivity contribution in [2.24, 2.45) is 5.92 Å². The van der Waals surface area contributed by atoms with Crippen LogP contribution >= 0.6 is 22.9 Å². The molecule has 29 heavy (non-hydrogen) atoms. The zero-order chi connectivity index (χ0) is 20.2. The second-order valence-corrected chi connectivity index (χ2v) is 9.25. The van der Waals surface area contributed by atoms with Crippen LogP contribution in [0.5, 0.6) is 0 Å². The Balaban J connectivity index is 1.31. The zero-order valence-electron chi connectivity index (χ0n) is 16.4. The molecule has 3 heterocycles. The number of piperazine rings is 1. The maximum atomic E-state index is 13.1. The predicted molar refractivity (Wildman–Crippen MR) is 116 cm³/mol. The summed E-state index contributed by atoms with van der Waals surface area (Å²) in [5.41, 5.74) is 0.629. The van der Waals surface area contributed by atoms with E-state index in [2.05, 4.69) is 22.4 Å². The number of thiophene rings is 1. The minimum atomic E-state index is -0.0937. The van der Waals surface area contributed by atoms with Crippen molar-refractivity contribution in [1.82, 2.24) is 14.7 Å². The minimum Gasteiger partial charge on any atom is -0.340 e. The van der Waals surface area contributed by atoms with Gasteiger partial charge in [-0.3, -0.25) is 14.5 Å². The lowest BCUT2D eigenvalue weighted by atomic mass is 9.95. The lowest BCUT2D eigenvalue weighted by molar-refractivity contribution is -0.138. The van der Waals surface area contributed by atoms with Gasteiger partial charge in [0, 0.05) is 61.3 Å². The number of carbonyl (C=O) groups excluding carboxylic acids is 2. The normalized spacial score (nSPS) is 20.7. The first-order chi connectivity index (χ1) is 14.1. The Kier molecular flexibility index (Phi) is 6.53. The number of piperidine rings is 1. The molecule has 0 aliphatic carbocycles. The Morgan fingerprint density at radius 2 is 1.76 bits per heavy atom. The molecule has 2 aliphatic rings. The summed E-state index contributed by atoms with van der Waals surface area (Å²) in [6.45, 7) is 5.53. The van der Waals surface area contributed by atoms with Crippen LogP contribution in [0.25, 0.3) is 0 Å². The molecule has 5 nitrogen and oxygen atoms in total. The Morgan fingerprint density at radius 1 is 1.00 bits per heavy atom. The third-order valence-corrected chi connectivity index (χ3v) is 6.91. The smallest absolute Gasteiger partial charge is 0.253 e. The number of rotatable bonds is 4. The largest absolute Gasteiger partial charge is 0.340 e. The average Bonchev–Trinajstić information content (AvgIpc) is 3.27. The molecule has 2 aromatic rings. The molecule has 1 aromatic carbocycles. The molecule has 4 rings (SSSR count). The van der Waals surface area contributed by atoms with Crippen LogP contribution in [0.3, 0.4) is 0 Å². The Hall–Kier alpha value is -1.89. The van der Waals surface area contributed by atoms with E-state index in [-0.39, 0.29) is 17.7 Å². The highest BCUT2D eigenvalue weighted by atomic mass is 35.5. The van der Waals surface area contributed by atoms with Crippen LogP contribution in [-0.4, -0.2) is 65.8 Å². The molecule has 0 unspecified atom stereocenters. The number of amides is 2. The van der Waals surface area contributed by atoms with Gasteiger partial charge < -0.3 is 9.80 Å². The molecule has 1 atom stereocenters. The highest BCUT2D eigenvalue weighted by molar-refractivity contribution is 7.09. The topological polar surface area (TPSA) is 43.9 Å². The summed E-state index contributed by atoms with van der Waals surface area (Å²) in [5, 5.41) is 2.72. The van der Waals surface area contributed by atoms with Gasteiger partial charge in [0.25, 0.3) is 5.91 Å². The second-order valence-electron chi connectivity index (χ2n) is 7.78. The van der Waals surface area contributed by atoms with Gasteiger partial charge in [0.15, 0.2) is 0 Å². The van der Waals surface area contributed by atoms with E-state index in [4.69, 9.17) is 11.6 Å². The van der Waals surface area contributed by atoms with Gasteiger partial charge in [-0.2, -0.15) is 0 Å². The molecular formula is C22H26ClN3O2S. The first-order valence-electron chi connectivity index (χ1n) is 10.2. The summed E-state index contributed by atoms with van der Waals surface area (Å²) in [5.74, 6) is 0.0955. The SMILES string of the molecule is O=C(c1ccc(Cl)cc1)N1CCC[C@H](C(=O)N2CCN(Cc3cccs3)CC2)C1. The lowest BCUT2D eigenvalue weighted by Gasteiger charge is -2.39. The standard InChI is InChI=1S/C22H26ClN3O2S/c23-19-7-5-17(6-8-19)21(27)26-9-1-3-18(15-26)22(28)25-12-10-24(11-13-25)16-20-4-2-14-29-20/h2,4-8,14,18H,1,3,9-13,15-16H2/t18-/m0/s1. The summed E-state index contributed by atoms with van der Waals surface area (Å²) in [6.07, 6.45) is 1.73. The van der Waals surface area contributed by atoms with Gasteiger partial charge in [0.2, 0.25) is 5.91 Å². The van der Waals surface area contributed by atoms with Crippen molar-refractivity contribution >= 4 is 34.8 Å². The van der Waals surface area contributed by atoms with Gasteiger partial charge in [-0.05, 0) is 48.6 Å². The highest BCUT2D eigenvalue weighted by Crippen LogP contribution is 2.22. The number of halogens is 1. The van der Waals surface area contributed by atoms with Gasteiger partial charge in [-0.1, -0.05) is 17.7 Å². The molecule has 2 amide bonds. The molecule has 0 saturated carbocycles. The van der Waals surface area contributed by atoms with E-state index in [1.807, 2.05) is 9.80 Å². The van der Waals surface area contributed by atoms with Crippen LogP contribution in [0.15, 0.2) is 41.8 Å². The number of benzene rings is 1. The molecular weight excluding hydrogens is 406 g/mol. The third-order valence-electron chi connectivity index (χ3n) is 5.79. The molecule has 0 radical (unpaired) electrons. The van der Waals surface area contributed by atoms with Crippen molar-refractivity contribution in [2.45, 2.75) is 19.4 Å². The van der Waals surface area contributed by atoms with Crippen molar-refractivity contribution in [3.05, 3.63) is 57.2 Å². The fraction of sp³-hybridized carbons (Fsp3) is 0.455. The van der Waals surface area contributed by atoms with Gasteiger partial charge in [-0.15, -0.1) is 11.3 Å². The maximum Gasteiger partial charge on any atom is 0.253 e. The van der Waals surface area contributed by atoms with E-state index >= 15 is 0 Å². The summed E-state index contributed by atoms with van der Waals surface area (Å²) < 4.78 is 0. The highest BCUT2D eigenvalue weighted by Gasteiger charge is 2.32. The first-order valence-corrected chi connectivity index (χ1v) is 11.4. The monoisotopic (exact) mass is 431 g/mol. The van der Waals surface area contributed by atoms with E-state index in [0.717, 1.165) is 45.6 Å². The summed E-state index contributed by atoms with van der Waals surface area (Å²) in [4.78, 5) is 33.5. The molecule has 7 heteroatoms. The molecule has 0 N–H and O–H groups in total. The van der Waals surface area contributed by atoms with Gasteiger partial charge in [0.1, 0.15) is 0 Å². The zero-order valence-corrected chi connectivity index (χ0v) is 18.0. The first kappa shape index (κ1) is 20.4. The molecule has 2 aliphatic heterocycles. The summed E-state index contributed by atoms with van der Waals surface area (Å²) >= 11 is 7.71. The van der Waals surface area contributed by atoms with E-state index in [0.29, 0.717) is 23.7 Å². The van der Waals surface area contributed by atoms with Crippen LogP contribution in [0.2, 0.25) is 5.02 Å². The Morgan fingerprint density at radius 3 is 2.45 bits per heavy atom. The molecule has 0 spiro atoms. The van der Waals surface area contributed by atoms with Crippen LogP contribution in [0, 0.1) is 5.92 Å². The summed E-state index contributed by atoms with van der Waals surface area (Å²) in [7, 11) is 0. The van der Waals surface area contributed by atoms with Crippen molar-refractivity contribution in [1.29, 1.82) is 0 Å². The predicted octanol–water partition coefficient (Wildman–Crippen LogP) is 3.60. The fourth-order valence-electron chi connectivity index (χ4n) is 4.15. The molecule has 1 aromatic heterocycles. The van der Waals surface area contributed by atoms with E-state index < -0.39 is 0 Å². The molecule has 154 valence electrons. The number of hydrogen-bond donors (Lipinski definition) is 0. The third kappa shape index (κ3) is 5.00. The number of carbonyl (C=O) groups is 2. The van der Waals surface area contributed by atoms with Crippen LogP contribution in [0.1, 0.15) is 28.1 Å². The van der Waals surface area contributed by atoms with Crippen molar-refractivity contribution in [3.63, 3.8) is 0 Å². The fourth-order valence-corrected chi connectivity index (χ4v) is 5.02. The van der Waals surface area contributed by atoms with E-state index in [1.165, 1.54) is 4.88 Å². The van der Waals surface area contributed by atoms with Crippen molar-refractivity contribution < 1.29 is 9.59 Å². The van der Waals surface area contributed by atoms with Crippen molar-refractivity contribution in [2.75, 3.05) is 39.3 Å². The molecule has 0 bridgehead atoms. The number of likely N-dealkylation sites (tertiary alicyclic amines) is 1. The lowest BCUT2D eigenvalue weighted by Crippen LogP contribution is -2.52. The van der Waals surface area contributed by atoms with E-state index in [9.17, 15) is 9.59 Å². The summed E-state index contributed by atoms with van der Waals surface area (Å²) in [6, 6.07) is 11.2. The van der Waals surface area contributed by atoms with E-state index in [1.54, 1.807) is 35.6 Å². The maximum absolute atomic E-state index is 13.1. The molecule has 2 saturated heterocycles. The van der Waals surface area contributed by atoms with Gasteiger partial charge >= 0.3 is 0 Å². The second kappa shape index (κ2) is 9.28.